The molecule has 240 valence electrons. The van der Waals surface area contributed by atoms with E-state index in [4.69, 9.17) is 0 Å². The summed E-state index contributed by atoms with van der Waals surface area (Å²) in [6.45, 7) is 3.13. The molecular weight excluding hydrogens is 626 g/mol. The summed E-state index contributed by atoms with van der Waals surface area (Å²) in [6.07, 6.45) is 1.18. The first kappa shape index (κ1) is 32.8. The van der Waals surface area contributed by atoms with E-state index in [2.05, 4.69) is 15.8 Å². The maximum absolute atomic E-state index is 14.4. The van der Waals surface area contributed by atoms with Crippen molar-refractivity contribution in [3.8, 4) is 17.2 Å². The van der Waals surface area contributed by atoms with Gasteiger partial charge in [-0.3, -0.25) is 4.79 Å². The Hall–Kier alpha value is -5.61. The van der Waals surface area contributed by atoms with E-state index >= 15 is 0 Å². The Kier molecular flexibility index (Phi) is 8.82. The van der Waals surface area contributed by atoms with Crippen LogP contribution < -0.4 is 10.2 Å². The van der Waals surface area contributed by atoms with Crippen molar-refractivity contribution in [1.29, 1.82) is 5.26 Å². The van der Waals surface area contributed by atoms with Gasteiger partial charge in [-0.25, -0.2) is 18.5 Å². The summed E-state index contributed by atoms with van der Waals surface area (Å²) in [5, 5.41) is 12.8. The van der Waals surface area contributed by atoms with Crippen LogP contribution >= 0.6 is 0 Å². The first-order valence-corrected chi connectivity index (χ1v) is 15.7. The van der Waals surface area contributed by atoms with Crippen LogP contribution in [0.1, 0.15) is 25.0 Å². The molecule has 1 fully saturated rings. The smallest absolute Gasteiger partial charge is 0.332 e. The van der Waals surface area contributed by atoms with E-state index < -0.39 is 39.1 Å². The summed E-state index contributed by atoms with van der Waals surface area (Å²) in [5.41, 5.74) is 1.41. The Morgan fingerprint density at radius 1 is 0.936 bits per heavy atom. The van der Waals surface area contributed by atoms with Crippen molar-refractivity contribution in [3.63, 3.8) is 0 Å². The molecule has 0 bridgehead atoms. The molecule has 13 heteroatoms. The minimum Gasteiger partial charge on any atom is -0.368 e. The number of amides is 3. The van der Waals surface area contributed by atoms with Gasteiger partial charge in [0.25, 0.3) is 15.9 Å². The Bertz CT molecular complexity index is 2040. The van der Waals surface area contributed by atoms with Crippen molar-refractivity contribution in [3.05, 3.63) is 108 Å². The van der Waals surface area contributed by atoms with Gasteiger partial charge in [0, 0.05) is 31.0 Å². The van der Waals surface area contributed by atoms with Crippen LogP contribution in [0.15, 0.2) is 94.2 Å². The van der Waals surface area contributed by atoms with Crippen molar-refractivity contribution in [1.82, 2.24) is 9.80 Å². The summed E-state index contributed by atoms with van der Waals surface area (Å²) in [6, 6.07) is 21.3. The predicted molar refractivity (Wildman–Crippen MR) is 175 cm³/mol. The molecule has 10 nitrogen and oxygen atoms in total. The fourth-order valence-electron chi connectivity index (χ4n) is 5.02. The number of hydrogen-bond acceptors (Lipinski definition) is 6. The molecule has 0 spiro atoms. The Balaban J connectivity index is 1.43. The molecule has 0 aliphatic carbocycles. The number of sulfonamides is 1. The second kappa shape index (κ2) is 12.6. The second-order valence-electron chi connectivity index (χ2n) is 11.5. The minimum atomic E-state index is -3.92. The van der Waals surface area contributed by atoms with Gasteiger partial charge in [0.2, 0.25) is 0 Å². The quantitative estimate of drug-likeness (QED) is 0.128. The van der Waals surface area contributed by atoms with Crippen LogP contribution in [0, 0.1) is 23.0 Å². The molecule has 0 unspecified atom stereocenters. The van der Waals surface area contributed by atoms with E-state index in [9.17, 15) is 32.0 Å². The van der Waals surface area contributed by atoms with Gasteiger partial charge < -0.3 is 15.1 Å². The van der Waals surface area contributed by atoms with Gasteiger partial charge in [0.05, 0.1) is 28.8 Å². The average Bonchev–Trinajstić information content (AvgIpc) is 3.20. The van der Waals surface area contributed by atoms with Crippen molar-refractivity contribution in [2.24, 2.45) is 4.40 Å². The van der Waals surface area contributed by atoms with Crippen molar-refractivity contribution in [2.45, 2.75) is 30.8 Å². The monoisotopic (exact) mass is 656 g/mol. The predicted octanol–water partition coefficient (Wildman–Crippen LogP) is 6.27. The van der Waals surface area contributed by atoms with Crippen molar-refractivity contribution in [2.75, 3.05) is 24.3 Å². The largest absolute Gasteiger partial charge is 0.368 e. The fraction of sp³-hybridized carbons (Fsp3) is 0.176. The van der Waals surface area contributed by atoms with Gasteiger partial charge in [-0.15, -0.1) is 4.40 Å². The number of hydrogen-bond donors (Lipinski definition) is 1. The van der Waals surface area contributed by atoms with Gasteiger partial charge in [0.1, 0.15) is 23.5 Å². The maximum atomic E-state index is 14.4. The Morgan fingerprint density at radius 3 is 2.23 bits per heavy atom. The zero-order valence-electron chi connectivity index (χ0n) is 25.9. The number of imide groups is 1. The van der Waals surface area contributed by atoms with Crippen molar-refractivity contribution < 1.29 is 26.8 Å². The molecule has 1 saturated heterocycles. The van der Waals surface area contributed by atoms with Gasteiger partial charge in [-0.1, -0.05) is 18.2 Å². The molecule has 1 heterocycles. The lowest BCUT2D eigenvalue weighted by Gasteiger charge is -2.28. The number of benzene rings is 4. The van der Waals surface area contributed by atoms with E-state index in [1.54, 1.807) is 34.0 Å². The van der Waals surface area contributed by atoms with Crippen LogP contribution in [-0.4, -0.2) is 56.1 Å². The molecule has 47 heavy (non-hydrogen) atoms. The van der Waals surface area contributed by atoms with Gasteiger partial charge >= 0.3 is 6.03 Å². The summed E-state index contributed by atoms with van der Waals surface area (Å²) < 4.78 is 56.6. The molecule has 1 aliphatic rings. The lowest BCUT2D eigenvalue weighted by atomic mass is 9.98. The van der Waals surface area contributed by atoms with Crippen LogP contribution in [0.4, 0.5) is 30.6 Å². The molecule has 0 saturated carbocycles. The molecular formula is C34H30F2N6O4S. The summed E-state index contributed by atoms with van der Waals surface area (Å²) in [4.78, 5) is 31.5. The van der Waals surface area contributed by atoms with E-state index in [1.165, 1.54) is 95.0 Å². The average molecular weight is 657 g/mol. The highest BCUT2D eigenvalue weighted by molar-refractivity contribution is 7.90. The third kappa shape index (κ3) is 6.68. The molecule has 0 atom stereocenters. The number of nitrogens with one attached hydrogen (secondary N) is 1. The molecule has 0 aromatic heterocycles. The van der Waals surface area contributed by atoms with Gasteiger partial charge in [0.15, 0.2) is 0 Å². The number of nitriles is 1. The first-order chi connectivity index (χ1) is 22.2. The molecule has 4 aromatic rings. The number of nitrogens with zero attached hydrogens (tertiary/aromatic N) is 5. The zero-order valence-corrected chi connectivity index (χ0v) is 26.7. The van der Waals surface area contributed by atoms with Gasteiger partial charge in [-0.05, 0) is 91.7 Å². The van der Waals surface area contributed by atoms with Crippen LogP contribution in [-0.2, 0) is 21.4 Å². The highest BCUT2D eigenvalue weighted by Gasteiger charge is 2.52. The zero-order chi connectivity index (χ0) is 34.1. The number of anilines is 3. The number of carbonyl (C=O) groups excluding carboxylic acids is 2. The van der Waals surface area contributed by atoms with E-state index in [1.807, 2.05) is 0 Å². The summed E-state index contributed by atoms with van der Waals surface area (Å²) in [5.74, 6) is -1.51. The minimum absolute atomic E-state index is 0.0333. The van der Waals surface area contributed by atoms with E-state index in [-0.39, 0.29) is 22.7 Å². The highest BCUT2D eigenvalue weighted by atomic mass is 32.2. The number of carbonyl (C=O) groups is 2. The Morgan fingerprint density at radius 2 is 1.60 bits per heavy atom. The topological polar surface area (TPSA) is 126 Å². The molecule has 3 amide bonds. The van der Waals surface area contributed by atoms with Crippen LogP contribution in [0.3, 0.4) is 0 Å². The lowest BCUT2D eigenvalue weighted by Crippen LogP contribution is -2.43. The number of rotatable bonds is 9. The number of urea groups is 1. The van der Waals surface area contributed by atoms with Crippen LogP contribution in [0.5, 0.6) is 0 Å². The standard InChI is InChI=1S/C34H30F2N6O4S/c1-34(2)32(43)42(28-14-8-23(19-37)30(18-28)22-5-9-25(35)10-6-22)33(44)41(34)20-24-7-11-26(36)17-31(24)39-27-12-15-29(16-13-27)47(45,46)38-21-40(3)4/h5-18,21,39H,20H2,1-4H3. The third-order valence-corrected chi connectivity index (χ3v) is 8.85. The second-order valence-corrected chi connectivity index (χ2v) is 13.2. The number of halogens is 2. The molecule has 5 rings (SSSR count). The van der Waals surface area contributed by atoms with E-state index in [0.717, 1.165) is 4.90 Å². The molecule has 0 radical (unpaired) electrons. The summed E-state index contributed by atoms with van der Waals surface area (Å²) >= 11 is 0. The van der Waals surface area contributed by atoms with Crippen molar-refractivity contribution >= 4 is 45.4 Å². The normalized spacial score (nSPS) is 14.5. The first-order valence-electron chi connectivity index (χ1n) is 14.3. The molecule has 1 N–H and O–H groups in total. The van der Waals surface area contributed by atoms with Gasteiger partial charge in [-0.2, -0.15) is 13.7 Å². The highest BCUT2D eigenvalue weighted by Crippen LogP contribution is 2.37. The van der Waals surface area contributed by atoms with E-state index in [0.29, 0.717) is 28.1 Å². The summed E-state index contributed by atoms with van der Waals surface area (Å²) in [7, 11) is -0.635. The molecule has 1 aliphatic heterocycles. The lowest BCUT2D eigenvalue weighted by molar-refractivity contribution is -0.123. The SMILES string of the molecule is CN(C)C=NS(=O)(=O)c1ccc(Nc2cc(F)ccc2CN2C(=O)N(c3ccc(C#N)c(-c4ccc(F)cc4)c3)C(=O)C2(C)C)cc1. The maximum Gasteiger partial charge on any atom is 0.332 e. The third-order valence-electron chi connectivity index (χ3n) is 7.61. The van der Waals surface area contributed by atoms with Crippen LogP contribution in [0.2, 0.25) is 0 Å². The molecule has 4 aromatic carbocycles. The Labute approximate surface area is 271 Å². The fourth-order valence-corrected chi connectivity index (χ4v) is 5.94. The van der Waals surface area contributed by atoms with Crippen LogP contribution in [0.25, 0.3) is 11.1 Å².